The van der Waals surface area contributed by atoms with Crippen LogP contribution in [0.1, 0.15) is 54.0 Å². The standard InChI is InChI=1S/C35H41N3O4/c1-22-6-4-7-29(31-8-5-9-32(36-31)38-19-27-18-35(27,24(38)3)34(39)40)33(22)42-21-25-16-23(2)30-20-37(13-10-26(30)17-25)28-11-14-41-15-12-28/h4-9,16-17,24,27-28H,10-15,18-21H2,1-3H3,(H,39,40)/t24-,27?,35?/m0/s1. The van der Waals surface area contributed by atoms with Gasteiger partial charge in [0.2, 0.25) is 0 Å². The SMILES string of the molecule is Cc1cc(COc2c(C)cccc2-c2cccc(N3CC4CC4(C(=O)O)[C@@H]3C)n2)cc2c1CN(C1CCOCC1)CC2. The van der Waals surface area contributed by atoms with E-state index < -0.39 is 11.4 Å². The second kappa shape index (κ2) is 10.7. The van der Waals surface area contributed by atoms with Crippen molar-refractivity contribution >= 4 is 11.8 Å². The van der Waals surface area contributed by atoms with E-state index in [1.807, 2.05) is 31.2 Å². The number of fused-ring (bicyclic) bond motifs is 2. The summed E-state index contributed by atoms with van der Waals surface area (Å²) < 4.78 is 12.2. The number of aromatic nitrogens is 1. The molecule has 2 unspecified atom stereocenters. The molecule has 4 aliphatic rings. The molecule has 7 nitrogen and oxygen atoms in total. The Balaban J connectivity index is 1.10. The van der Waals surface area contributed by atoms with E-state index >= 15 is 0 Å². The van der Waals surface area contributed by atoms with Gasteiger partial charge < -0.3 is 19.5 Å². The highest BCUT2D eigenvalue weighted by Crippen LogP contribution is 2.62. The maximum atomic E-state index is 12.0. The predicted octanol–water partition coefficient (Wildman–Crippen LogP) is 5.78. The number of aliphatic carboxylic acids is 1. The minimum absolute atomic E-state index is 0.0769. The maximum absolute atomic E-state index is 12.0. The number of anilines is 1. The van der Waals surface area contributed by atoms with Crippen LogP contribution in [0.25, 0.3) is 11.3 Å². The zero-order chi connectivity index (χ0) is 29.0. The van der Waals surface area contributed by atoms with Crippen molar-refractivity contribution in [3.8, 4) is 17.0 Å². The van der Waals surface area contributed by atoms with E-state index in [9.17, 15) is 9.90 Å². The van der Waals surface area contributed by atoms with Crippen LogP contribution in [0.15, 0.2) is 48.5 Å². The number of nitrogens with zero attached hydrogens (tertiary/aromatic N) is 3. The van der Waals surface area contributed by atoms with Crippen LogP contribution < -0.4 is 9.64 Å². The van der Waals surface area contributed by atoms with Gasteiger partial charge in [-0.25, -0.2) is 4.98 Å². The van der Waals surface area contributed by atoms with E-state index in [0.717, 1.165) is 86.9 Å². The molecule has 220 valence electrons. The van der Waals surface area contributed by atoms with Crippen LogP contribution in [0.2, 0.25) is 0 Å². The lowest BCUT2D eigenvalue weighted by Gasteiger charge is -2.38. The lowest BCUT2D eigenvalue weighted by Crippen LogP contribution is -2.42. The van der Waals surface area contributed by atoms with Crippen LogP contribution in [-0.2, 0) is 29.1 Å². The number of rotatable bonds is 7. The summed E-state index contributed by atoms with van der Waals surface area (Å²) in [5.74, 6) is 1.21. The molecule has 3 fully saturated rings. The van der Waals surface area contributed by atoms with Crippen LogP contribution in [0.3, 0.4) is 0 Å². The maximum Gasteiger partial charge on any atom is 0.312 e. The van der Waals surface area contributed by atoms with Crippen LogP contribution in [0.5, 0.6) is 5.75 Å². The summed E-state index contributed by atoms with van der Waals surface area (Å²) in [5, 5.41) is 9.88. The van der Waals surface area contributed by atoms with E-state index in [-0.39, 0.29) is 12.0 Å². The molecule has 1 aromatic heterocycles. The number of piperidine rings is 1. The van der Waals surface area contributed by atoms with Gasteiger partial charge in [0.1, 0.15) is 18.2 Å². The third-order valence-electron chi connectivity index (χ3n) is 10.4. The minimum Gasteiger partial charge on any atom is -0.488 e. The second-order valence-corrected chi connectivity index (χ2v) is 12.8. The fourth-order valence-corrected chi connectivity index (χ4v) is 7.84. The molecule has 3 atom stereocenters. The molecule has 1 aliphatic carbocycles. The average molecular weight is 568 g/mol. The molecule has 2 saturated heterocycles. The molecule has 3 aliphatic heterocycles. The normalized spacial score (nSPS) is 25.6. The van der Waals surface area contributed by atoms with Crippen LogP contribution >= 0.6 is 0 Å². The van der Waals surface area contributed by atoms with Gasteiger partial charge in [-0.15, -0.1) is 0 Å². The molecule has 7 rings (SSSR count). The predicted molar refractivity (Wildman–Crippen MR) is 163 cm³/mol. The van der Waals surface area contributed by atoms with Gasteiger partial charge in [-0.1, -0.05) is 30.3 Å². The van der Waals surface area contributed by atoms with E-state index in [0.29, 0.717) is 12.6 Å². The topological polar surface area (TPSA) is 75.1 Å². The number of aryl methyl sites for hydroxylation is 2. The van der Waals surface area contributed by atoms with Crippen molar-refractivity contribution in [2.24, 2.45) is 11.3 Å². The molecule has 3 aromatic rings. The molecule has 7 heteroatoms. The van der Waals surface area contributed by atoms with Gasteiger partial charge in [0.05, 0.1) is 11.1 Å². The summed E-state index contributed by atoms with van der Waals surface area (Å²) in [6.45, 7) is 11.5. The Morgan fingerprint density at radius 1 is 1.12 bits per heavy atom. The Morgan fingerprint density at radius 2 is 1.93 bits per heavy atom. The number of benzene rings is 2. The molecular weight excluding hydrogens is 526 g/mol. The summed E-state index contributed by atoms with van der Waals surface area (Å²) in [6.07, 6.45) is 4.12. The number of hydrogen-bond acceptors (Lipinski definition) is 6. The molecule has 2 aromatic carbocycles. The van der Waals surface area contributed by atoms with E-state index in [1.165, 1.54) is 22.3 Å². The van der Waals surface area contributed by atoms with Crippen molar-refractivity contribution in [3.05, 3.63) is 76.3 Å². The third-order valence-corrected chi connectivity index (χ3v) is 10.4. The van der Waals surface area contributed by atoms with Gasteiger partial charge in [-0.2, -0.15) is 0 Å². The quantitative estimate of drug-likeness (QED) is 0.388. The van der Waals surface area contributed by atoms with Crippen molar-refractivity contribution in [1.29, 1.82) is 0 Å². The number of carboxylic acid groups (broad SMARTS) is 1. The Hall–Kier alpha value is -3.42. The molecule has 1 saturated carbocycles. The summed E-state index contributed by atoms with van der Waals surface area (Å²) in [7, 11) is 0. The van der Waals surface area contributed by atoms with Gasteiger partial charge >= 0.3 is 5.97 Å². The van der Waals surface area contributed by atoms with E-state index in [4.69, 9.17) is 14.5 Å². The van der Waals surface area contributed by atoms with Gasteiger partial charge in [0, 0.05) is 50.5 Å². The molecule has 1 N–H and O–H groups in total. The first-order chi connectivity index (χ1) is 20.3. The summed E-state index contributed by atoms with van der Waals surface area (Å²) >= 11 is 0. The number of pyridine rings is 1. The second-order valence-electron chi connectivity index (χ2n) is 12.8. The summed E-state index contributed by atoms with van der Waals surface area (Å²) in [4.78, 5) is 21.9. The first-order valence-electron chi connectivity index (χ1n) is 15.5. The van der Waals surface area contributed by atoms with Crippen LogP contribution in [-0.4, -0.2) is 59.3 Å². The molecule has 0 bridgehead atoms. The van der Waals surface area contributed by atoms with Gasteiger partial charge in [-0.3, -0.25) is 9.69 Å². The van der Waals surface area contributed by atoms with Crippen molar-refractivity contribution in [2.75, 3.05) is 31.2 Å². The minimum atomic E-state index is -0.679. The lowest BCUT2D eigenvalue weighted by atomic mass is 9.91. The Labute approximate surface area is 248 Å². The van der Waals surface area contributed by atoms with Gasteiger partial charge in [0.25, 0.3) is 0 Å². The smallest absolute Gasteiger partial charge is 0.312 e. The van der Waals surface area contributed by atoms with Crippen molar-refractivity contribution in [2.45, 2.75) is 71.7 Å². The Kier molecular flexibility index (Phi) is 6.98. The molecule has 4 heterocycles. The van der Waals surface area contributed by atoms with Crippen molar-refractivity contribution in [3.63, 3.8) is 0 Å². The number of carboxylic acids is 1. The van der Waals surface area contributed by atoms with Gasteiger partial charge in [0.15, 0.2) is 0 Å². The fraction of sp³-hybridized carbons (Fsp3) is 0.486. The average Bonchev–Trinajstić information content (AvgIpc) is 3.67. The molecular formula is C35H41N3O4. The molecule has 0 radical (unpaired) electrons. The first-order valence-corrected chi connectivity index (χ1v) is 15.5. The summed E-state index contributed by atoms with van der Waals surface area (Å²) in [5.41, 5.74) is 7.74. The fourth-order valence-electron chi connectivity index (χ4n) is 7.84. The highest BCUT2D eigenvalue weighted by atomic mass is 16.5. The number of para-hydroxylation sites is 1. The van der Waals surface area contributed by atoms with E-state index in [2.05, 4.69) is 47.9 Å². The lowest BCUT2D eigenvalue weighted by molar-refractivity contribution is -0.144. The van der Waals surface area contributed by atoms with E-state index in [1.54, 1.807) is 0 Å². The zero-order valence-corrected chi connectivity index (χ0v) is 24.9. The highest BCUT2D eigenvalue weighted by molar-refractivity contribution is 5.82. The number of carbonyl (C=O) groups is 1. The Morgan fingerprint density at radius 3 is 2.71 bits per heavy atom. The molecule has 0 amide bonds. The largest absolute Gasteiger partial charge is 0.488 e. The summed E-state index contributed by atoms with van der Waals surface area (Å²) in [6, 6.07) is 17.4. The van der Waals surface area contributed by atoms with Crippen LogP contribution in [0.4, 0.5) is 5.82 Å². The molecule has 0 spiro atoms. The van der Waals surface area contributed by atoms with Gasteiger partial charge in [-0.05, 0) is 98.4 Å². The van der Waals surface area contributed by atoms with Crippen LogP contribution in [0, 0.1) is 25.2 Å². The number of ether oxygens (including phenoxy) is 2. The Bertz CT molecular complexity index is 1520. The zero-order valence-electron chi connectivity index (χ0n) is 24.9. The highest BCUT2D eigenvalue weighted by Gasteiger charge is 2.69. The monoisotopic (exact) mass is 567 g/mol. The molecule has 42 heavy (non-hydrogen) atoms. The number of hydrogen-bond donors (Lipinski definition) is 1. The van der Waals surface area contributed by atoms with Crippen molar-refractivity contribution in [1.82, 2.24) is 9.88 Å². The third kappa shape index (κ3) is 4.67. The first kappa shape index (κ1) is 27.4. The van der Waals surface area contributed by atoms with Crippen molar-refractivity contribution < 1.29 is 19.4 Å².